The maximum atomic E-state index is 13.3. The molecule has 1 N–H and O–H groups in total. The van der Waals surface area contributed by atoms with E-state index in [9.17, 15) is 4.39 Å². The molecule has 1 fully saturated rings. The number of piperazine rings is 1. The van der Waals surface area contributed by atoms with Crippen molar-refractivity contribution in [3.05, 3.63) is 48.1 Å². The number of hydrogen-bond acceptors (Lipinski definition) is 5. The van der Waals surface area contributed by atoms with Crippen LogP contribution in [0.15, 0.2) is 35.0 Å². The molecule has 25 heavy (non-hydrogen) atoms. The molecule has 9 heteroatoms. The molecule has 3 heterocycles. The van der Waals surface area contributed by atoms with Gasteiger partial charge < -0.3 is 14.3 Å². The Morgan fingerprint density at radius 3 is 2.96 bits per heavy atom. The Morgan fingerprint density at radius 1 is 1.36 bits per heavy atom. The van der Waals surface area contributed by atoms with Gasteiger partial charge in [-0.3, -0.25) is 4.90 Å². The van der Waals surface area contributed by atoms with Gasteiger partial charge in [-0.2, -0.15) is 0 Å². The fourth-order valence-corrected chi connectivity index (χ4v) is 3.08. The predicted octanol–water partition coefficient (Wildman–Crippen LogP) is 2.69. The molecule has 0 radical (unpaired) electrons. The number of aromatic nitrogens is 3. The van der Waals surface area contributed by atoms with Crippen LogP contribution in [0.4, 0.5) is 4.39 Å². The maximum Gasteiger partial charge on any atom is 0.209 e. The Kier molecular flexibility index (Phi) is 6.40. The summed E-state index contributed by atoms with van der Waals surface area (Å²) in [5.74, 6) is 1.30. The summed E-state index contributed by atoms with van der Waals surface area (Å²) >= 11 is 0. The Bertz CT molecular complexity index is 837. The number of aryl methyl sites for hydroxylation is 1. The first-order chi connectivity index (χ1) is 11.2. The summed E-state index contributed by atoms with van der Waals surface area (Å²) in [6.45, 7) is 3.20. The topological polar surface area (TPSA) is 59.1 Å². The molecule has 2 aromatic heterocycles. The lowest BCUT2D eigenvalue weighted by Gasteiger charge is -2.34. The second kappa shape index (κ2) is 8.14. The third-order valence-corrected chi connectivity index (χ3v) is 4.24. The molecule has 4 rings (SSSR count). The average Bonchev–Trinajstić information content (AvgIpc) is 3.13. The zero-order valence-electron chi connectivity index (χ0n) is 13.7. The van der Waals surface area contributed by atoms with Crippen molar-refractivity contribution < 1.29 is 8.81 Å². The average molecular weight is 388 g/mol. The van der Waals surface area contributed by atoms with Crippen molar-refractivity contribution in [3.8, 4) is 0 Å². The fraction of sp³-hybridized carbons (Fsp3) is 0.375. The third kappa shape index (κ3) is 3.95. The Labute approximate surface area is 157 Å². The number of hydrogen-bond donors (Lipinski definition) is 1. The van der Waals surface area contributed by atoms with E-state index >= 15 is 0 Å². The second-order valence-corrected chi connectivity index (χ2v) is 5.81. The lowest BCUT2D eigenvalue weighted by atomic mass is 10.1. The van der Waals surface area contributed by atoms with E-state index in [1.807, 2.05) is 24.0 Å². The van der Waals surface area contributed by atoms with Crippen LogP contribution in [0.5, 0.6) is 0 Å². The molecule has 0 aliphatic carbocycles. The SMILES string of the molecule is Cl.Cl.Cn1ccnc1C1CNCCN1Cc1nc2ccc(F)cc2o1. The van der Waals surface area contributed by atoms with Crippen molar-refractivity contribution in [1.82, 2.24) is 24.8 Å². The van der Waals surface area contributed by atoms with Crippen LogP contribution in [0, 0.1) is 5.82 Å². The molecule has 1 atom stereocenters. The van der Waals surface area contributed by atoms with E-state index in [-0.39, 0.29) is 36.7 Å². The number of fused-ring (bicyclic) bond motifs is 1. The molecule has 1 aliphatic heterocycles. The van der Waals surface area contributed by atoms with Crippen LogP contribution in [0.1, 0.15) is 17.8 Å². The number of nitrogens with zero attached hydrogens (tertiary/aromatic N) is 4. The largest absolute Gasteiger partial charge is 0.439 e. The van der Waals surface area contributed by atoms with Gasteiger partial charge in [-0.1, -0.05) is 0 Å². The van der Waals surface area contributed by atoms with Gasteiger partial charge in [0, 0.05) is 45.1 Å². The highest BCUT2D eigenvalue weighted by molar-refractivity contribution is 5.85. The molecule has 136 valence electrons. The molecule has 6 nitrogen and oxygen atoms in total. The first kappa shape index (κ1) is 19.7. The van der Waals surface area contributed by atoms with Crippen LogP contribution < -0.4 is 5.32 Å². The molecular formula is C16H20Cl2FN5O. The zero-order valence-corrected chi connectivity index (χ0v) is 15.3. The molecular weight excluding hydrogens is 368 g/mol. The van der Waals surface area contributed by atoms with Gasteiger partial charge >= 0.3 is 0 Å². The lowest BCUT2D eigenvalue weighted by molar-refractivity contribution is 0.133. The Balaban J connectivity index is 0.00000113. The van der Waals surface area contributed by atoms with Gasteiger partial charge in [0.05, 0.1) is 12.6 Å². The van der Waals surface area contributed by atoms with E-state index < -0.39 is 0 Å². The number of nitrogens with one attached hydrogen (secondary N) is 1. The van der Waals surface area contributed by atoms with Crippen molar-refractivity contribution >= 4 is 35.9 Å². The maximum absolute atomic E-state index is 13.3. The summed E-state index contributed by atoms with van der Waals surface area (Å²) in [6, 6.07) is 4.58. The first-order valence-electron chi connectivity index (χ1n) is 7.67. The normalized spacial score (nSPS) is 17.9. The quantitative estimate of drug-likeness (QED) is 0.748. The zero-order chi connectivity index (χ0) is 15.8. The van der Waals surface area contributed by atoms with Crippen LogP contribution in [-0.2, 0) is 13.6 Å². The Morgan fingerprint density at radius 2 is 2.20 bits per heavy atom. The number of imidazole rings is 1. The lowest BCUT2D eigenvalue weighted by Crippen LogP contribution is -2.46. The van der Waals surface area contributed by atoms with E-state index in [0.717, 1.165) is 25.5 Å². The summed E-state index contributed by atoms with van der Waals surface area (Å²) in [6.07, 6.45) is 3.76. The highest BCUT2D eigenvalue weighted by Gasteiger charge is 2.28. The van der Waals surface area contributed by atoms with Crippen molar-refractivity contribution in [2.24, 2.45) is 7.05 Å². The molecule has 0 bridgehead atoms. The number of oxazole rings is 1. The highest BCUT2D eigenvalue weighted by atomic mass is 35.5. The molecule has 0 spiro atoms. The molecule has 0 saturated carbocycles. The van der Waals surface area contributed by atoms with Crippen molar-refractivity contribution in [2.75, 3.05) is 19.6 Å². The minimum Gasteiger partial charge on any atom is -0.439 e. The van der Waals surface area contributed by atoms with Crippen LogP contribution in [0.25, 0.3) is 11.1 Å². The minimum atomic E-state index is -0.312. The molecule has 1 saturated heterocycles. The van der Waals surface area contributed by atoms with Crippen molar-refractivity contribution in [2.45, 2.75) is 12.6 Å². The first-order valence-corrected chi connectivity index (χ1v) is 7.67. The number of rotatable bonds is 3. The van der Waals surface area contributed by atoms with E-state index in [1.54, 1.807) is 6.07 Å². The smallest absolute Gasteiger partial charge is 0.209 e. The molecule has 3 aromatic rings. The molecule has 0 amide bonds. The van der Waals surface area contributed by atoms with Crippen LogP contribution >= 0.6 is 24.8 Å². The van der Waals surface area contributed by atoms with Gasteiger partial charge in [0.1, 0.15) is 17.2 Å². The number of benzene rings is 1. The van der Waals surface area contributed by atoms with Crippen LogP contribution in [0.2, 0.25) is 0 Å². The van der Waals surface area contributed by atoms with E-state index in [0.29, 0.717) is 23.5 Å². The number of halogens is 3. The Hall–Kier alpha value is -1.67. The standard InChI is InChI=1S/C16H18FN5O.2ClH/c1-21-6-5-19-16(21)13-9-18-4-7-22(13)10-15-20-12-3-2-11(17)8-14(12)23-15;;/h2-3,5-6,8,13,18H,4,7,9-10H2,1H3;2*1H. The van der Waals surface area contributed by atoms with Crippen LogP contribution in [0.3, 0.4) is 0 Å². The monoisotopic (exact) mass is 387 g/mol. The molecule has 1 aliphatic rings. The van der Waals surface area contributed by atoms with Gasteiger partial charge in [-0.05, 0) is 12.1 Å². The van der Waals surface area contributed by atoms with Gasteiger partial charge in [-0.25, -0.2) is 14.4 Å². The summed E-state index contributed by atoms with van der Waals surface area (Å²) in [4.78, 5) is 11.2. The van der Waals surface area contributed by atoms with Gasteiger partial charge in [-0.15, -0.1) is 24.8 Å². The van der Waals surface area contributed by atoms with Gasteiger partial charge in [0.2, 0.25) is 5.89 Å². The van der Waals surface area contributed by atoms with Crippen LogP contribution in [-0.4, -0.2) is 39.1 Å². The summed E-state index contributed by atoms with van der Waals surface area (Å²) in [5, 5.41) is 3.40. The van der Waals surface area contributed by atoms with E-state index in [2.05, 4.69) is 20.2 Å². The summed E-state index contributed by atoms with van der Waals surface area (Å²) in [5.41, 5.74) is 1.17. The van der Waals surface area contributed by atoms with E-state index in [4.69, 9.17) is 4.42 Å². The summed E-state index contributed by atoms with van der Waals surface area (Å²) in [7, 11) is 2.00. The van der Waals surface area contributed by atoms with Gasteiger partial charge in [0.15, 0.2) is 5.58 Å². The van der Waals surface area contributed by atoms with E-state index in [1.165, 1.54) is 12.1 Å². The molecule has 1 aromatic carbocycles. The van der Waals surface area contributed by atoms with Gasteiger partial charge in [0.25, 0.3) is 0 Å². The second-order valence-electron chi connectivity index (χ2n) is 5.81. The van der Waals surface area contributed by atoms with Crippen molar-refractivity contribution in [3.63, 3.8) is 0 Å². The predicted molar refractivity (Wildman–Crippen MR) is 97.7 cm³/mol. The fourth-order valence-electron chi connectivity index (χ4n) is 3.08. The highest BCUT2D eigenvalue weighted by Crippen LogP contribution is 2.24. The molecule has 1 unspecified atom stereocenters. The van der Waals surface area contributed by atoms with Crippen molar-refractivity contribution in [1.29, 1.82) is 0 Å². The summed E-state index contributed by atoms with van der Waals surface area (Å²) < 4.78 is 21.0. The third-order valence-electron chi connectivity index (χ3n) is 4.24. The minimum absolute atomic E-state index is 0.